The Balaban J connectivity index is 1.76. The fourth-order valence-corrected chi connectivity index (χ4v) is 1.85. The minimum atomic E-state index is -0.135. The zero-order chi connectivity index (χ0) is 14.9. The first kappa shape index (κ1) is 14.8. The highest BCUT2D eigenvalue weighted by molar-refractivity contribution is 5.79. The molecule has 0 saturated heterocycles. The van der Waals surface area contributed by atoms with Crippen molar-refractivity contribution >= 4 is 12.1 Å². The third-order valence-corrected chi connectivity index (χ3v) is 2.97. The molecule has 108 valence electrons. The molecule has 0 fully saturated rings. The third-order valence-electron chi connectivity index (χ3n) is 2.97. The van der Waals surface area contributed by atoms with E-state index in [0.29, 0.717) is 12.8 Å². The van der Waals surface area contributed by atoms with E-state index in [1.165, 1.54) is 0 Å². The van der Waals surface area contributed by atoms with Gasteiger partial charge in [-0.1, -0.05) is 42.5 Å². The molecule has 0 heterocycles. The number of nitrogens with zero attached hydrogens (tertiary/aromatic N) is 1. The summed E-state index contributed by atoms with van der Waals surface area (Å²) in [6, 6.07) is 17.4. The molecule has 0 radical (unpaired) electrons. The van der Waals surface area contributed by atoms with Crippen LogP contribution in [0, 0.1) is 0 Å². The maximum atomic E-state index is 11.7. The highest BCUT2D eigenvalue weighted by Crippen LogP contribution is 2.11. The van der Waals surface area contributed by atoms with Crippen LogP contribution in [0.15, 0.2) is 59.7 Å². The van der Waals surface area contributed by atoms with Crippen LogP contribution in [0.1, 0.15) is 11.1 Å². The summed E-state index contributed by atoms with van der Waals surface area (Å²) in [6.45, 7) is 0. The minimum Gasteiger partial charge on any atom is -0.497 e. The van der Waals surface area contributed by atoms with Crippen molar-refractivity contribution in [1.82, 2.24) is 5.43 Å². The molecule has 0 aliphatic heterocycles. The van der Waals surface area contributed by atoms with Crippen molar-refractivity contribution in [2.75, 3.05) is 7.11 Å². The van der Waals surface area contributed by atoms with E-state index < -0.39 is 0 Å². The van der Waals surface area contributed by atoms with Gasteiger partial charge in [0.1, 0.15) is 5.75 Å². The van der Waals surface area contributed by atoms with E-state index in [1.807, 2.05) is 54.6 Å². The van der Waals surface area contributed by atoms with Gasteiger partial charge in [0.15, 0.2) is 0 Å². The molecule has 0 unspecified atom stereocenters. The largest absolute Gasteiger partial charge is 0.497 e. The predicted molar refractivity (Wildman–Crippen MR) is 83.5 cm³/mol. The van der Waals surface area contributed by atoms with E-state index in [4.69, 9.17) is 4.74 Å². The smallest absolute Gasteiger partial charge is 0.244 e. The Morgan fingerprint density at radius 2 is 1.81 bits per heavy atom. The fourth-order valence-electron chi connectivity index (χ4n) is 1.85. The average Bonchev–Trinajstić information content (AvgIpc) is 2.53. The molecule has 0 aliphatic carbocycles. The van der Waals surface area contributed by atoms with Gasteiger partial charge < -0.3 is 4.74 Å². The van der Waals surface area contributed by atoms with Crippen molar-refractivity contribution in [3.8, 4) is 5.75 Å². The molecule has 0 aromatic heterocycles. The van der Waals surface area contributed by atoms with Crippen LogP contribution in [0.4, 0.5) is 0 Å². The van der Waals surface area contributed by atoms with Crippen LogP contribution >= 0.6 is 0 Å². The molecule has 0 saturated carbocycles. The lowest BCUT2D eigenvalue weighted by molar-refractivity contribution is -0.120. The zero-order valence-electron chi connectivity index (χ0n) is 12.0. The van der Waals surface area contributed by atoms with Crippen LogP contribution in [-0.2, 0) is 17.6 Å². The van der Waals surface area contributed by atoms with Crippen molar-refractivity contribution in [3.05, 3.63) is 65.7 Å². The van der Waals surface area contributed by atoms with Gasteiger partial charge in [-0.2, -0.15) is 5.10 Å². The van der Waals surface area contributed by atoms with Gasteiger partial charge in [-0.15, -0.1) is 0 Å². The van der Waals surface area contributed by atoms with Crippen molar-refractivity contribution in [1.29, 1.82) is 0 Å². The Morgan fingerprint density at radius 1 is 1.10 bits per heavy atom. The van der Waals surface area contributed by atoms with Crippen LogP contribution in [-0.4, -0.2) is 19.2 Å². The van der Waals surface area contributed by atoms with E-state index in [0.717, 1.165) is 16.9 Å². The van der Waals surface area contributed by atoms with E-state index in [2.05, 4.69) is 10.5 Å². The number of benzene rings is 2. The summed E-state index contributed by atoms with van der Waals surface area (Å²) < 4.78 is 5.07. The van der Waals surface area contributed by atoms with Crippen LogP contribution < -0.4 is 10.2 Å². The van der Waals surface area contributed by atoms with E-state index in [9.17, 15) is 4.79 Å². The van der Waals surface area contributed by atoms with Crippen molar-refractivity contribution < 1.29 is 9.53 Å². The predicted octanol–water partition coefficient (Wildman–Crippen LogP) is 2.58. The average molecular weight is 282 g/mol. The lowest BCUT2D eigenvalue weighted by Gasteiger charge is -2.02. The number of carbonyl (C=O) groups excluding carboxylic acids is 1. The number of carbonyl (C=O) groups is 1. The Bertz CT molecular complexity index is 592. The number of amides is 1. The third kappa shape index (κ3) is 5.10. The van der Waals surface area contributed by atoms with E-state index in [1.54, 1.807) is 13.3 Å². The van der Waals surface area contributed by atoms with Crippen LogP contribution in [0.25, 0.3) is 0 Å². The van der Waals surface area contributed by atoms with Gasteiger partial charge in [-0.25, -0.2) is 5.43 Å². The Morgan fingerprint density at radius 3 is 2.48 bits per heavy atom. The molecule has 2 aromatic rings. The SMILES string of the molecule is COc1ccc(CC(=O)NN=CCc2ccccc2)cc1. The molecule has 2 rings (SSSR count). The van der Waals surface area contributed by atoms with Crippen molar-refractivity contribution in [2.45, 2.75) is 12.8 Å². The molecular formula is C17H18N2O2. The van der Waals surface area contributed by atoms with Crippen LogP contribution in [0.3, 0.4) is 0 Å². The molecule has 4 heteroatoms. The highest BCUT2D eigenvalue weighted by atomic mass is 16.5. The number of methoxy groups -OCH3 is 1. The number of ether oxygens (including phenoxy) is 1. The van der Waals surface area contributed by atoms with Gasteiger partial charge in [-0.05, 0) is 23.3 Å². The number of rotatable bonds is 6. The Hall–Kier alpha value is -2.62. The van der Waals surface area contributed by atoms with Gasteiger partial charge in [0, 0.05) is 12.6 Å². The van der Waals surface area contributed by atoms with E-state index in [-0.39, 0.29) is 5.91 Å². The summed E-state index contributed by atoms with van der Waals surface area (Å²) in [4.78, 5) is 11.7. The molecule has 21 heavy (non-hydrogen) atoms. The first-order valence-corrected chi connectivity index (χ1v) is 6.75. The van der Waals surface area contributed by atoms with Crippen LogP contribution in [0.5, 0.6) is 5.75 Å². The summed E-state index contributed by atoms with van der Waals surface area (Å²) in [6.07, 6.45) is 2.69. The lowest BCUT2D eigenvalue weighted by Crippen LogP contribution is -2.19. The molecule has 0 bridgehead atoms. The standard InChI is InChI=1S/C17H18N2O2/c1-21-16-9-7-15(8-10-16)13-17(20)19-18-12-11-14-5-3-2-4-6-14/h2-10,12H,11,13H2,1H3,(H,19,20). The highest BCUT2D eigenvalue weighted by Gasteiger charge is 2.02. The van der Waals surface area contributed by atoms with Crippen LogP contribution in [0.2, 0.25) is 0 Å². The molecule has 0 aliphatic rings. The van der Waals surface area contributed by atoms with Crippen molar-refractivity contribution in [2.24, 2.45) is 5.10 Å². The Kier molecular flexibility index (Phi) is 5.52. The summed E-state index contributed by atoms with van der Waals surface area (Å²) in [7, 11) is 1.61. The van der Waals surface area contributed by atoms with E-state index >= 15 is 0 Å². The molecule has 2 aromatic carbocycles. The number of hydrogen-bond donors (Lipinski definition) is 1. The molecule has 1 amide bonds. The van der Waals surface area contributed by atoms with Gasteiger partial charge in [0.2, 0.25) is 5.91 Å². The summed E-state index contributed by atoms with van der Waals surface area (Å²) >= 11 is 0. The van der Waals surface area contributed by atoms with Gasteiger partial charge >= 0.3 is 0 Å². The maximum absolute atomic E-state index is 11.7. The quantitative estimate of drug-likeness (QED) is 0.654. The normalized spacial score (nSPS) is 10.5. The second-order valence-electron chi connectivity index (χ2n) is 4.56. The van der Waals surface area contributed by atoms with Gasteiger partial charge in [-0.3, -0.25) is 4.79 Å². The monoisotopic (exact) mass is 282 g/mol. The molecule has 0 atom stereocenters. The number of nitrogens with one attached hydrogen (secondary N) is 1. The summed E-state index contributed by atoms with van der Waals surface area (Å²) in [5.41, 5.74) is 4.61. The second kappa shape index (κ2) is 7.85. The topological polar surface area (TPSA) is 50.7 Å². The second-order valence-corrected chi connectivity index (χ2v) is 4.56. The lowest BCUT2D eigenvalue weighted by atomic mass is 10.1. The van der Waals surface area contributed by atoms with Gasteiger partial charge in [0.05, 0.1) is 13.5 Å². The summed E-state index contributed by atoms with van der Waals surface area (Å²) in [5.74, 6) is 0.643. The maximum Gasteiger partial charge on any atom is 0.244 e. The first-order valence-electron chi connectivity index (χ1n) is 6.75. The molecule has 4 nitrogen and oxygen atoms in total. The molecular weight excluding hydrogens is 264 g/mol. The first-order chi connectivity index (χ1) is 10.3. The summed E-state index contributed by atoms with van der Waals surface area (Å²) in [5, 5.41) is 3.95. The molecule has 1 N–H and O–H groups in total. The minimum absolute atomic E-state index is 0.135. The number of hydrazone groups is 1. The Labute approximate surface area is 124 Å². The number of hydrogen-bond acceptors (Lipinski definition) is 3. The molecule has 0 spiro atoms. The van der Waals surface area contributed by atoms with Crippen molar-refractivity contribution in [3.63, 3.8) is 0 Å². The van der Waals surface area contributed by atoms with Gasteiger partial charge in [0.25, 0.3) is 0 Å². The fraction of sp³-hybridized carbons (Fsp3) is 0.176. The zero-order valence-corrected chi connectivity index (χ0v) is 12.0.